The van der Waals surface area contributed by atoms with Gasteiger partial charge in [-0.3, -0.25) is 9.59 Å². The van der Waals surface area contributed by atoms with Crippen molar-refractivity contribution in [1.29, 1.82) is 0 Å². The van der Waals surface area contributed by atoms with Gasteiger partial charge in [-0.2, -0.15) is 0 Å². The summed E-state index contributed by atoms with van der Waals surface area (Å²) < 4.78 is 5.31. The smallest absolute Gasteiger partial charge is 0.287 e. The van der Waals surface area contributed by atoms with Crippen LogP contribution in [-0.4, -0.2) is 35.4 Å². The van der Waals surface area contributed by atoms with Gasteiger partial charge in [-0.05, 0) is 12.1 Å². The molecular weight excluding hydrogens is 250 g/mol. The van der Waals surface area contributed by atoms with Gasteiger partial charge in [0.25, 0.3) is 5.91 Å². The van der Waals surface area contributed by atoms with Crippen LogP contribution in [0.2, 0.25) is 0 Å². The summed E-state index contributed by atoms with van der Waals surface area (Å²) in [5, 5.41) is 20.5. The largest absolute Gasteiger partial charge is 0.451 e. The molecule has 0 aliphatic rings. The summed E-state index contributed by atoms with van der Waals surface area (Å²) in [6, 6.07) is 7.70. The predicted octanol–water partition coefficient (Wildman–Crippen LogP) is -0.124. The summed E-state index contributed by atoms with van der Waals surface area (Å²) in [5.41, 5.74) is 0.0116. The van der Waals surface area contributed by atoms with Gasteiger partial charge in [-0.1, -0.05) is 12.1 Å². The van der Waals surface area contributed by atoms with E-state index in [1.165, 1.54) is 0 Å². The third kappa shape index (κ3) is 2.98. The fraction of sp³-hybridized carbons (Fsp3) is 0.231. The Labute approximate surface area is 108 Å². The molecule has 3 N–H and O–H groups in total. The summed E-state index contributed by atoms with van der Waals surface area (Å²) in [5.74, 6) is -0.746. The molecular formula is C13H13NO5. The zero-order chi connectivity index (χ0) is 13.8. The lowest BCUT2D eigenvalue weighted by Gasteiger charge is -2.08. The second kappa shape index (κ2) is 5.64. The molecule has 19 heavy (non-hydrogen) atoms. The number of carbonyl (C=O) groups excluding carboxylic acids is 1. The minimum atomic E-state index is -1.05. The van der Waals surface area contributed by atoms with E-state index in [-0.39, 0.29) is 17.7 Å². The number of fused-ring (bicyclic) bond motifs is 1. The zero-order valence-electron chi connectivity index (χ0n) is 10.00. The molecule has 0 bridgehead atoms. The van der Waals surface area contributed by atoms with Crippen LogP contribution in [0, 0.1) is 0 Å². The van der Waals surface area contributed by atoms with Gasteiger partial charge in [-0.25, -0.2) is 0 Å². The Bertz CT molecular complexity index is 649. The highest BCUT2D eigenvalue weighted by molar-refractivity contribution is 5.93. The lowest BCUT2D eigenvalue weighted by Crippen LogP contribution is -2.34. The van der Waals surface area contributed by atoms with Crippen LogP contribution in [0.15, 0.2) is 39.5 Å². The van der Waals surface area contributed by atoms with Gasteiger partial charge in [0.2, 0.25) is 0 Å². The molecule has 0 aliphatic heterocycles. The highest BCUT2D eigenvalue weighted by atomic mass is 16.3. The molecule has 1 heterocycles. The highest BCUT2D eigenvalue weighted by Gasteiger charge is 2.13. The van der Waals surface area contributed by atoms with Crippen LogP contribution in [-0.2, 0) is 0 Å². The van der Waals surface area contributed by atoms with E-state index in [0.29, 0.717) is 11.0 Å². The van der Waals surface area contributed by atoms with Crippen molar-refractivity contribution in [2.24, 2.45) is 0 Å². The van der Waals surface area contributed by atoms with Crippen LogP contribution in [0.3, 0.4) is 0 Å². The van der Waals surface area contributed by atoms with Gasteiger partial charge in [0.15, 0.2) is 11.2 Å². The van der Waals surface area contributed by atoms with Crippen LogP contribution >= 0.6 is 0 Å². The van der Waals surface area contributed by atoms with E-state index in [1.807, 2.05) is 0 Å². The van der Waals surface area contributed by atoms with Crippen LogP contribution in [0.5, 0.6) is 0 Å². The maximum absolute atomic E-state index is 11.8. The van der Waals surface area contributed by atoms with Crippen LogP contribution in [0.4, 0.5) is 0 Å². The number of hydrogen-bond acceptors (Lipinski definition) is 5. The van der Waals surface area contributed by atoms with E-state index < -0.39 is 18.6 Å². The molecule has 0 fully saturated rings. The van der Waals surface area contributed by atoms with Crippen LogP contribution in [0.1, 0.15) is 10.6 Å². The first-order valence-electron chi connectivity index (χ1n) is 5.72. The molecule has 6 heteroatoms. The van der Waals surface area contributed by atoms with Crippen molar-refractivity contribution in [2.45, 2.75) is 6.10 Å². The zero-order valence-corrected chi connectivity index (χ0v) is 10.00. The summed E-state index contributed by atoms with van der Waals surface area (Å²) in [6.07, 6.45) is -1.05. The summed E-state index contributed by atoms with van der Waals surface area (Å²) in [4.78, 5) is 23.5. The number of aliphatic hydroxyl groups excluding tert-OH is 2. The molecule has 2 aromatic rings. The Morgan fingerprint density at radius 3 is 2.84 bits per heavy atom. The third-order valence-electron chi connectivity index (χ3n) is 2.57. The standard InChI is InChI=1S/C13H13NO5/c15-7-8(16)6-14-13(18)12-5-10(17)9-3-1-2-4-11(9)19-12/h1-5,8,15-16H,6-7H2,(H,14,18). The fourth-order valence-corrected chi connectivity index (χ4v) is 1.58. The van der Waals surface area contributed by atoms with Crippen LogP contribution in [0.25, 0.3) is 11.0 Å². The first kappa shape index (κ1) is 13.3. The van der Waals surface area contributed by atoms with E-state index in [9.17, 15) is 9.59 Å². The minimum Gasteiger partial charge on any atom is -0.451 e. The van der Waals surface area contributed by atoms with E-state index in [4.69, 9.17) is 14.6 Å². The van der Waals surface area contributed by atoms with Gasteiger partial charge in [0, 0.05) is 12.6 Å². The first-order valence-corrected chi connectivity index (χ1v) is 5.72. The Kier molecular flexibility index (Phi) is 3.94. The van der Waals surface area contributed by atoms with E-state index >= 15 is 0 Å². The lowest BCUT2D eigenvalue weighted by molar-refractivity contribution is 0.0784. The van der Waals surface area contributed by atoms with Crippen LogP contribution < -0.4 is 10.7 Å². The molecule has 1 aromatic carbocycles. The average Bonchev–Trinajstić information content (AvgIpc) is 2.44. The number of nitrogens with one attached hydrogen (secondary N) is 1. The molecule has 2 rings (SSSR count). The molecule has 1 atom stereocenters. The SMILES string of the molecule is O=C(NCC(O)CO)c1cc(=O)c2ccccc2o1. The monoisotopic (exact) mass is 263 g/mol. The number of carbonyl (C=O) groups is 1. The van der Waals surface area contributed by atoms with Crippen molar-refractivity contribution in [1.82, 2.24) is 5.32 Å². The van der Waals surface area contributed by atoms with E-state index in [0.717, 1.165) is 6.07 Å². The molecule has 1 aromatic heterocycles. The number of amides is 1. The van der Waals surface area contributed by atoms with E-state index in [1.54, 1.807) is 24.3 Å². The average molecular weight is 263 g/mol. The Morgan fingerprint density at radius 2 is 2.11 bits per heavy atom. The van der Waals surface area contributed by atoms with Gasteiger partial charge >= 0.3 is 0 Å². The lowest BCUT2D eigenvalue weighted by atomic mass is 10.2. The van der Waals surface area contributed by atoms with Gasteiger partial charge in [-0.15, -0.1) is 0 Å². The van der Waals surface area contributed by atoms with Gasteiger partial charge < -0.3 is 19.9 Å². The summed E-state index contributed by atoms with van der Waals surface area (Å²) in [6.45, 7) is -0.576. The second-order valence-electron chi connectivity index (χ2n) is 4.02. The normalized spacial score (nSPS) is 12.3. The Balaban J connectivity index is 2.25. The molecule has 0 radical (unpaired) electrons. The number of hydrogen-bond donors (Lipinski definition) is 3. The molecule has 100 valence electrons. The van der Waals surface area contributed by atoms with E-state index in [2.05, 4.69) is 5.32 Å². The third-order valence-corrected chi connectivity index (χ3v) is 2.57. The summed E-state index contributed by atoms with van der Waals surface area (Å²) in [7, 11) is 0. The van der Waals surface area contributed by atoms with Crippen molar-refractivity contribution in [2.75, 3.05) is 13.2 Å². The topological polar surface area (TPSA) is 99.8 Å². The number of para-hydroxylation sites is 1. The molecule has 0 saturated carbocycles. The molecule has 6 nitrogen and oxygen atoms in total. The molecule has 1 unspecified atom stereocenters. The maximum Gasteiger partial charge on any atom is 0.287 e. The highest BCUT2D eigenvalue weighted by Crippen LogP contribution is 2.11. The van der Waals surface area contributed by atoms with Crippen molar-refractivity contribution < 1.29 is 19.4 Å². The predicted molar refractivity (Wildman–Crippen MR) is 67.9 cm³/mol. The Hall–Kier alpha value is -2.18. The van der Waals surface area contributed by atoms with Gasteiger partial charge in [0.1, 0.15) is 5.58 Å². The molecule has 0 spiro atoms. The number of rotatable bonds is 4. The number of benzene rings is 1. The molecule has 0 saturated heterocycles. The van der Waals surface area contributed by atoms with Crippen molar-refractivity contribution in [3.05, 3.63) is 46.3 Å². The minimum absolute atomic E-state index is 0.119. The fourth-order valence-electron chi connectivity index (χ4n) is 1.58. The van der Waals surface area contributed by atoms with Crippen molar-refractivity contribution in [3.8, 4) is 0 Å². The first-order chi connectivity index (χ1) is 9.11. The quantitative estimate of drug-likeness (QED) is 0.714. The Morgan fingerprint density at radius 1 is 1.37 bits per heavy atom. The van der Waals surface area contributed by atoms with Crippen molar-refractivity contribution >= 4 is 16.9 Å². The maximum atomic E-state index is 11.8. The second-order valence-corrected chi connectivity index (χ2v) is 4.02. The van der Waals surface area contributed by atoms with Gasteiger partial charge in [0.05, 0.1) is 18.1 Å². The van der Waals surface area contributed by atoms with Crippen molar-refractivity contribution in [3.63, 3.8) is 0 Å². The molecule has 0 aliphatic carbocycles. The molecule has 1 amide bonds. The summed E-state index contributed by atoms with van der Waals surface area (Å²) >= 11 is 0. The number of aliphatic hydroxyl groups is 2.